The largest absolute Gasteiger partial charge is 0.378 e. The van der Waals surface area contributed by atoms with Crippen molar-refractivity contribution in [3.05, 3.63) is 63.8 Å². The van der Waals surface area contributed by atoms with Gasteiger partial charge in [-0.2, -0.15) is 5.10 Å². The van der Waals surface area contributed by atoms with Crippen molar-refractivity contribution in [1.82, 2.24) is 15.1 Å². The number of fused-ring (bicyclic) bond motifs is 1. The molecular formula is C22H25N5O4. The van der Waals surface area contributed by atoms with Crippen molar-refractivity contribution in [3.8, 4) is 0 Å². The highest BCUT2D eigenvalue weighted by atomic mass is 16.6. The summed E-state index contributed by atoms with van der Waals surface area (Å²) in [6.07, 6.45) is 1.85. The van der Waals surface area contributed by atoms with Gasteiger partial charge in [-0.05, 0) is 36.6 Å². The van der Waals surface area contributed by atoms with E-state index < -0.39 is 4.92 Å². The molecule has 1 aliphatic heterocycles. The first-order valence-corrected chi connectivity index (χ1v) is 10.2. The number of non-ortho nitro benzene ring substituents is 1. The maximum absolute atomic E-state index is 13.5. The number of carbonyl (C=O) groups excluding carboxylic acids is 1. The number of nitrogens with zero attached hydrogens (tertiary/aromatic N) is 4. The van der Waals surface area contributed by atoms with Crippen LogP contribution < -0.4 is 4.90 Å². The average molecular weight is 423 g/mol. The molecule has 1 unspecified atom stereocenters. The molecule has 2 aromatic carbocycles. The predicted molar refractivity (Wildman–Crippen MR) is 117 cm³/mol. The minimum absolute atomic E-state index is 0.0236. The van der Waals surface area contributed by atoms with Crippen LogP contribution in [-0.4, -0.2) is 59.3 Å². The molecule has 4 rings (SSSR count). The lowest BCUT2D eigenvalue weighted by Crippen LogP contribution is -2.37. The second-order valence-electron chi connectivity index (χ2n) is 7.94. The quantitative estimate of drug-likeness (QED) is 0.462. The Morgan fingerprint density at radius 1 is 1.26 bits per heavy atom. The first-order valence-electron chi connectivity index (χ1n) is 10.2. The molecule has 1 atom stereocenters. The highest BCUT2D eigenvalue weighted by Crippen LogP contribution is 2.25. The molecule has 1 aromatic heterocycles. The third-order valence-electron chi connectivity index (χ3n) is 5.52. The number of amides is 1. The van der Waals surface area contributed by atoms with Crippen molar-refractivity contribution < 1.29 is 14.5 Å². The van der Waals surface area contributed by atoms with E-state index in [4.69, 9.17) is 4.74 Å². The van der Waals surface area contributed by atoms with Crippen molar-refractivity contribution in [2.45, 2.75) is 25.5 Å². The fourth-order valence-corrected chi connectivity index (χ4v) is 3.80. The Balaban J connectivity index is 1.64. The second-order valence-corrected chi connectivity index (χ2v) is 7.94. The summed E-state index contributed by atoms with van der Waals surface area (Å²) < 4.78 is 5.76. The molecule has 1 fully saturated rings. The molecule has 162 valence electrons. The number of aromatic amines is 1. The Hall–Kier alpha value is -3.46. The number of nitro benzene ring substituents is 1. The minimum atomic E-state index is -0.475. The first kappa shape index (κ1) is 20.8. The van der Waals surface area contributed by atoms with Gasteiger partial charge >= 0.3 is 0 Å². The molecule has 1 N–H and O–H groups in total. The van der Waals surface area contributed by atoms with Crippen LogP contribution in [-0.2, 0) is 11.3 Å². The zero-order valence-electron chi connectivity index (χ0n) is 17.6. The standard InChI is InChI=1S/C22H25N5O4/c1-25(2)16-7-5-15(6-8-16)13-26(14-18-4-3-11-31-18)22(28)21-19-12-17(27(29)30)9-10-20(19)23-24-21/h5-10,12,18H,3-4,11,13-14H2,1-2H3,(H,23,24). The number of hydrogen-bond acceptors (Lipinski definition) is 6. The highest BCUT2D eigenvalue weighted by Gasteiger charge is 2.27. The maximum Gasteiger partial charge on any atom is 0.275 e. The lowest BCUT2D eigenvalue weighted by molar-refractivity contribution is -0.384. The number of benzene rings is 2. The molecule has 31 heavy (non-hydrogen) atoms. The van der Waals surface area contributed by atoms with Gasteiger partial charge in [-0.3, -0.25) is 20.0 Å². The van der Waals surface area contributed by atoms with E-state index in [1.54, 1.807) is 11.0 Å². The zero-order chi connectivity index (χ0) is 22.0. The summed E-state index contributed by atoms with van der Waals surface area (Å²) in [4.78, 5) is 27.9. The molecule has 1 aliphatic rings. The van der Waals surface area contributed by atoms with Crippen LogP contribution in [0.1, 0.15) is 28.9 Å². The topological polar surface area (TPSA) is 105 Å². The first-order chi connectivity index (χ1) is 14.9. The van der Waals surface area contributed by atoms with E-state index in [2.05, 4.69) is 10.2 Å². The summed E-state index contributed by atoms with van der Waals surface area (Å²) in [6, 6.07) is 12.4. The van der Waals surface area contributed by atoms with E-state index >= 15 is 0 Å². The molecule has 0 bridgehead atoms. The van der Waals surface area contributed by atoms with E-state index in [1.165, 1.54) is 12.1 Å². The van der Waals surface area contributed by atoms with E-state index in [0.717, 1.165) is 24.1 Å². The van der Waals surface area contributed by atoms with Crippen molar-refractivity contribution >= 4 is 28.2 Å². The number of carbonyl (C=O) groups is 1. The molecule has 0 spiro atoms. The van der Waals surface area contributed by atoms with Gasteiger partial charge in [0.15, 0.2) is 5.69 Å². The van der Waals surface area contributed by atoms with Crippen molar-refractivity contribution in [1.29, 1.82) is 0 Å². The SMILES string of the molecule is CN(C)c1ccc(CN(CC2CCCO2)C(=O)c2n[nH]c3ccc([N+](=O)[O-])cc23)cc1. The average Bonchev–Trinajstić information content (AvgIpc) is 3.42. The molecule has 0 saturated carbocycles. The molecule has 9 nitrogen and oxygen atoms in total. The highest BCUT2D eigenvalue weighted by molar-refractivity contribution is 6.05. The fraction of sp³-hybridized carbons (Fsp3) is 0.364. The van der Waals surface area contributed by atoms with Crippen LogP contribution in [0.5, 0.6) is 0 Å². The molecule has 1 amide bonds. The van der Waals surface area contributed by atoms with Gasteiger partial charge in [0.25, 0.3) is 11.6 Å². The number of rotatable bonds is 7. The number of H-pyrrole nitrogens is 1. The van der Waals surface area contributed by atoms with Gasteiger partial charge in [0.1, 0.15) is 0 Å². The predicted octanol–water partition coefficient (Wildman–Crippen LogP) is 3.36. The molecule has 2 heterocycles. The molecule has 0 radical (unpaired) electrons. The summed E-state index contributed by atoms with van der Waals surface area (Å²) in [6.45, 7) is 1.54. The summed E-state index contributed by atoms with van der Waals surface area (Å²) in [7, 11) is 3.95. The van der Waals surface area contributed by atoms with E-state index in [-0.39, 0.29) is 23.4 Å². The zero-order valence-corrected chi connectivity index (χ0v) is 17.6. The Bertz CT molecular complexity index is 1090. The van der Waals surface area contributed by atoms with Crippen LogP contribution in [0.25, 0.3) is 10.9 Å². The molecular weight excluding hydrogens is 398 g/mol. The lowest BCUT2D eigenvalue weighted by Gasteiger charge is -2.25. The number of nitro groups is 1. The Kier molecular flexibility index (Phi) is 5.85. The molecule has 0 aliphatic carbocycles. The fourth-order valence-electron chi connectivity index (χ4n) is 3.80. The maximum atomic E-state index is 13.5. The second kappa shape index (κ2) is 8.73. The van der Waals surface area contributed by atoms with Gasteiger partial charge < -0.3 is 14.5 Å². The molecule has 3 aromatic rings. The van der Waals surface area contributed by atoms with Gasteiger partial charge in [-0.1, -0.05) is 12.1 Å². The number of aromatic nitrogens is 2. The van der Waals surface area contributed by atoms with Gasteiger partial charge in [-0.15, -0.1) is 0 Å². The number of anilines is 1. The van der Waals surface area contributed by atoms with Crippen LogP contribution >= 0.6 is 0 Å². The van der Waals surface area contributed by atoms with Crippen LogP contribution in [0, 0.1) is 10.1 Å². The summed E-state index contributed by atoms with van der Waals surface area (Å²) >= 11 is 0. The monoisotopic (exact) mass is 423 g/mol. The van der Waals surface area contributed by atoms with Gasteiger partial charge in [-0.25, -0.2) is 0 Å². The molecule has 1 saturated heterocycles. The van der Waals surface area contributed by atoms with Crippen LogP contribution in [0.4, 0.5) is 11.4 Å². The van der Waals surface area contributed by atoms with Crippen molar-refractivity contribution in [3.63, 3.8) is 0 Å². The smallest absolute Gasteiger partial charge is 0.275 e. The van der Waals surface area contributed by atoms with Gasteiger partial charge in [0.2, 0.25) is 0 Å². The van der Waals surface area contributed by atoms with E-state index in [1.807, 2.05) is 43.3 Å². The molecule has 9 heteroatoms. The van der Waals surface area contributed by atoms with E-state index in [0.29, 0.717) is 30.6 Å². The van der Waals surface area contributed by atoms with Crippen LogP contribution in [0.3, 0.4) is 0 Å². The minimum Gasteiger partial charge on any atom is -0.378 e. The summed E-state index contributed by atoms with van der Waals surface area (Å²) in [5.41, 5.74) is 2.75. The third-order valence-corrected chi connectivity index (χ3v) is 5.52. The summed E-state index contributed by atoms with van der Waals surface area (Å²) in [5, 5.41) is 18.6. The number of nitrogens with one attached hydrogen (secondary N) is 1. The summed E-state index contributed by atoms with van der Waals surface area (Å²) in [5.74, 6) is -0.279. The number of hydrogen-bond donors (Lipinski definition) is 1. The number of ether oxygens (including phenoxy) is 1. The Morgan fingerprint density at radius 3 is 2.68 bits per heavy atom. The van der Waals surface area contributed by atoms with Gasteiger partial charge in [0.05, 0.1) is 16.5 Å². The van der Waals surface area contributed by atoms with Gasteiger partial charge in [0, 0.05) is 57.0 Å². The Morgan fingerprint density at radius 2 is 2.03 bits per heavy atom. The third kappa shape index (κ3) is 4.51. The normalized spacial score (nSPS) is 15.9. The van der Waals surface area contributed by atoms with E-state index in [9.17, 15) is 14.9 Å². The van der Waals surface area contributed by atoms with Crippen LogP contribution in [0.15, 0.2) is 42.5 Å². The Labute approximate surface area is 179 Å². The van der Waals surface area contributed by atoms with Crippen LogP contribution in [0.2, 0.25) is 0 Å². The lowest BCUT2D eigenvalue weighted by atomic mass is 10.1. The van der Waals surface area contributed by atoms with Crippen molar-refractivity contribution in [2.24, 2.45) is 0 Å². The van der Waals surface area contributed by atoms with Crippen molar-refractivity contribution in [2.75, 3.05) is 32.1 Å².